The van der Waals surface area contributed by atoms with E-state index in [1.54, 1.807) is 25.1 Å². The molecule has 2 aromatic rings. The fraction of sp³-hybridized carbons (Fsp3) is 0.381. The molecule has 0 radical (unpaired) electrons. The number of carbonyl (C=O) groups is 1. The molecule has 1 unspecified atom stereocenters. The quantitative estimate of drug-likeness (QED) is 0.654. The van der Waals surface area contributed by atoms with E-state index in [0.29, 0.717) is 30.2 Å². The van der Waals surface area contributed by atoms with Gasteiger partial charge in [0.05, 0.1) is 4.90 Å². The Kier molecular flexibility index (Phi) is 7.29. The van der Waals surface area contributed by atoms with Gasteiger partial charge in [0.2, 0.25) is 15.9 Å². The maximum Gasteiger partial charge on any atom is 0.243 e. The average Bonchev–Trinajstić information content (AvgIpc) is 2.71. The monoisotopic (exact) mass is 435 g/mol. The molecular formula is C21H26ClN3O3S. The van der Waals surface area contributed by atoms with Gasteiger partial charge in [-0.25, -0.2) is 13.8 Å². The zero-order valence-electron chi connectivity index (χ0n) is 16.4. The lowest BCUT2D eigenvalue weighted by Crippen LogP contribution is -2.43. The Morgan fingerprint density at radius 1 is 1.17 bits per heavy atom. The molecule has 156 valence electrons. The molecule has 29 heavy (non-hydrogen) atoms. The Morgan fingerprint density at radius 3 is 2.69 bits per heavy atom. The first-order chi connectivity index (χ1) is 13.9. The lowest BCUT2D eigenvalue weighted by atomic mass is 9.96. The second-order valence-electron chi connectivity index (χ2n) is 7.33. The Labute approximate surface area is 177 Å². The van der Waals surface area contributed by atoms with Gasteiger partial charge in [0, 0.05) is 31.1 Å². The van der Waals surface area contributed by atoms with E-state index in [-0.39, 0.29) is 23.1 Å². The van der Waals surface area contributed by atoms with E-state index < -0.39 is 10.0 Å². The fourth-order valence-corrected chi connectivity index (χ4v) is 5.60. The highest BCUT2D eigenvalue weighted by Gasteiger charge is 2.32. The predicted octanol–water partition coefficient (Wildman–Crippen LogP) is 3.26. The summed E-state index contributed by atoms with van der Waals surface area (Å²) >= 11 is 6.11. The Bertz CT molecular complexity index is 951. The van der Waals surface area contributed by atoms with Crippen LogP contribution in [-0.4, -0.2) is 31.7 Å². The molecule has 1 saturated heterocycles. The SMILES string of the molecule is Cc1c(Cl)cccc1S(=O)(=O)N1CCCC(CC(=O)NNCc2ccccc2)C1. The van der Waals surface area contributed by atoms with Crippen LogP contribution in [-0.2, 0) is 21.4 Å². The highest BCUT2D eigenvalue weighted by Crippen LogP contribution is 2.29. The van der Waals surface area contributed by atoms with E-state index in [9.17, 15) is 13.2 Å². The number of amides is 1. The summed E-state index contributed by atoms with van der Waals surface area (Å²) in [5, 5.41) is 0.434. The summed E-state index contributed by atoms with van der Waals surface area (Å²) in [5.41, 5.74) is 7.26. The number of benzene rings is 2. The van der Waals surface area contributed by atoms with Crippen molar-refractivity contribution in [3.63, 3.8) is 0 Å². The summed E-state index contributed by atoms with van der Waals surface area (Å²) < 4.78 is 27.6. The number of carbonyl (C=O) groups excluding carboxylic acids is 1. The van der Waals surface area contributed by atoms with E-state index in [1.807, 2.05) is 30.3 Å². The van der Waals surface area contributed by atoms with Gasteiger partial charge in [0.15, 0.2) is 0 Å². The number of halogens is 1. The molecule has 1 fully saturated rings. The van der Waals surface area contributed by atoms with Crippen molar-refractivity contribution in [3.8, 4) is 0 Å². The van der Waals surface area contributed by atoms with E-state index >= 15 is 0 Å². The summed E-state index contributed by atoms with van der Waals surface area (Å²) in [4.78, 5) is 12.5. The molecule has 1 amide bonds. The number of hydrogen-bond donors (Lipinski definition) is 2. The predicted molar refractivity (Wildman–Crippen MR) is 114 cm³/mol. The van der Waals surface area contributed by atoms with Gasteiger partial charge in [-0.05, 0) is 48.9 Å². The molecule has 0 bridgehead atoms. The number of rotatable bonds is 7. The topological polar surface area (TPSA) is 78.5 Å². The first kappa shape index (κ1) is 21.8. The van der Waals surface area contributed by atoms with Crippen LogP contribution >= 0.6 is 11.6 Å². The molecule has 3 rings (SSSR count). The van der Waals surface area contributed by atoms with Crippen LogP contribution in [0.4, 0.5) is 0 Å². The van der Waals surface area contributed by atoms with E-state index in [4.69, 9.17) is 11.6 Å². The zero-order valence-corrected chi connectivity index (χ0v) is 18.0. The van der Waals surface area contributed by atoms with Gasteiger partial charge in [-0.1, -0.05) is 48.0 Å². The second kappa shape index (κ2) is 9.71. The van der Waals surface area contributed by atoms with Crippen LogP contribution in [0, 0.1) is 12.8 Å². The summed E-state index contributed by atoms with van der Waals surface area (Å²) in [6.45, 7) is 3.04. The number of sulfonamides is 1. The molecule has 1 atom stereocenters. The minimum Gasteiger partial charge on any atom is -0.291 e. The maximum atomic E-state index is 13.1. The number of piperidine rings is 1. The summed E-state index contributed by atoms with van der Waals surface area (Å²) in [7, 11) is -3.64. The van der Waals surface area contributed by atoms with Gasteiger partial charge in [0.25, 0.3) is 0 Å². The third kappa shape index (κ3) is 5.57. The molecule has 0 spiro atoms. The van der Waals surface area contributed by atoms with Crippen LogP contribution in [0.15, 0.2) is 53.4 Å². The first-order valence-electron chi connectivity index (χ1n) is 9.69. The highest BCUT2D eigenvalue weighted by molar-refractivity contribution is 7.89. The highest BCUT2D eigenvalue weighted by atomic mass is 35.5. The minimum absolute atomic E-state index is 0.0171. The Balaban J connectivity index is 1.56. The van der Waals surface area contributed by atoms with Crippen LogP contribution < -0.4 is 10.9 Å². The van der Waals surface area contributed by atoms with Crippen LogP contribution in [0.1, 0.15) is 30.4 Å². The van der Waals surface area contributed by atoms with Crippen molar-refractivity contribution in [2.45, 2.75) is 37.6 Å². The molecule has 6 nitrogen and oxygen atoms in total. The van der Waals surface area contributed by atoms with Crippen molar-refractivity contribution in [1.82, 2.24) is 15.2 Å². The van der Waals surface area contributed by atoms with Crippen molar-refractivity contribution in [2.24, 2.45) is 5.92 Å². The number of nitrogens with zero attached hydrogens (tertiary/aromatic N) is 1. The van der Waals surface area contributed by atoms with Crippen LogP contribution in [0.2, 0.25) is 5.02 Å². The summed E-state index contributed by atoms with van der Waals surface area (Å²) in [6.07, 6.45) is 1.84. The smallest absolute Gasteiger partial charge is 0.243 e. The van der Waals surface area contributed by atoms with Crippen molar-refractivity contribution >= 4 is 27.5 Å². The maximum absolute atomic E-state index is 13.1. The zero-order chi connectivity index (χ0) is 20.9. The second-order valence-corrected chi connectivity index (χ2v) is 9.64. The summed E-state index contributed by atoms with van der Waals surface area (Å²) in [5.74, 6) is -0.152. The lowest BCUT2D eigenvalue weighted by Gasteiger charge is -2.32. The molecule has 0 aromatic heterocycles. The molecular weight excluding hydrogens is 410 g/mol. The average molecular weight is 436 g/mol. The molecule has 1 heterocycles. The van der Waals surface area contributed by atoms with E-state index in [0.717, 1.165) is 18.4 Å². The molecule has 0 aliphatic carbocycles. The number of nitrogens with one attached hydrogen (secondary N) is 2. The lowest BCUT2D eigenvalue weighted by molar-refractivity contribution is -0.123. The molecule has 1 aliphatic heterocycles. The largest absolute Gasteiger partial charge is 0.291 e. The van der Waals surface area contributed by atoms with Gasteiger partial charge < -0.3 is 0 Å². The molecule has 1 aliphatic rings. The summed E-state index contributed by atoms with van der Waals surface area (Å²) in [6, 6.07) is 14.7. The van der Waals surface area contributed by atoms with Crippen molar-refractivity contribution < 1.29 is 13.2 Å². The van der Waals surface area contributed by atoms with Crippen LogP contribution in [0.25, 0.3) is 0 Å². The van der Waals surface area contributed by atoms with Crippen molar-refractivity contribution in [2.75, 3.05) is 13.1 Å². The van der Waals surface area contributed by atoms with Gasteiger partial charge in [-0.3, -0.25) is 10.2 Å². The van der Waals surface area contributed by atoms with Gasteiger partial charge in [-0.15, -0.1) is 0 Å². The Morgan fingerprint density at radius 2 is 1.93 bits per heavy atom. The molecule has 2 aromatic carbocycles. The number of hydrazine groups is 1. The fourth-order valence-electron chi connectivity index (χ4n) is 3.57. The molecule has 2 N–H and O–H groups in total. The first-order valence-corrected chi connectivity index (χ1v) is 11.5. The Hall–Kier alpha value is -1.93. The third-order valence-electron chi connectivity index (χ3n) is 5.15. The van der Waals surface area contributed by atoms with Crippen molar-refractivity contribution in [3.05, 3.63) is 64.7 Å². The normalized spacial score (nSPS) is 17.8. The van der Waals surface area contributed by atoms with E-state index in [2.05, 4.69) is 10.9 Å². The minimum atomic E-state index is -3.64. The molecule has 8 heteroatoms. The van der Waals surface area contributed by atoms with Crippen molar-refractivity contribution in [1.29, 1.82) is 0 Å². The van der Waals surface area contributed by atoms with Gasteiger partial charge in [0.1, 0.15) is 0 Å². The number of hydrogen-bond acceptors (Lipinski definition) is 4. The van der Waals surface area contributed by atoms with E-state index in [1.165, 1.54) is 4.31 Å². The molecule has 0 saturated carbocycles. The van der Waals surface area contributed by atoms with Crippen LogP contribution in [0.3, 0.4) is 0 Å². The standard InChI is InChI=1S/C21H26ClN3O3S/c1-16-19(22)10-5-11-20(16)29(27,28)25-12-6-9-18(15-25)13-21(26)24-23-14-17-7-3-2-4-8-17/h2-5,7-8,10-11,18,23H,6,9,12-15H2,1H3,(H,24,26). The third-order valence-corrected chi connectivity index (χ3v) is 7.57. The van der Waals surface area contributed by atoms with Gasteiger partial charge >= 0.3 is 0 Å². The van der Waals surface area contributed by atoms with Gasteiger partial charge in [-0.2, -0.15) is 4.31 Å². The van der Waals surface area contributed by atoms with Crippen LogP contribution in [0.5, 0.6) is 0 Å².